The molecular weight excluding hydrogens is 366 g/mol. The van der Waals surface area contributed by atoms with Gasteiger partial charge in [0.05, 0.1) is 17.0 Å². The van der Waals surface area contributed by atoms with E-state index in [2.05, 4.69) is 5.32 Å². The van der Waals surface area contributed by atoms with Crippen molar-refractivity contribution in [3.05, 3.63) is 23.8 Å². The minimum Gasteiger partial charge on any atom is -0.377 e. The molecule has 1 N–H and O–H groups in total. The molecule has 1 heterocycles. The Kier molecular flexibility index (Phi) is 6.55. The van der Waals surface area contributed by atoms with Crippen molar-refractivity contribution < 1.29 is 17.9 Å². The molecule has 152 valence electrons. The maximum absolute atomic E-state index is 12.7. The molecule has 2 rings (SSSR count). The summed E-state index contributed by atoms with van der Waals surface area (Å²) < 4.78 is 32.3. The molecule has 0 spiro atoms. The average Bonchev–Trinajstić information content (AvgIpc) is 2.62. The Labute approximate surface area is 162 Å². The molecule has 1 unspecified atom stereocenters. The average molecular weight is 398 g/mol. The highest BCUT2D eigenvalue weighted by Gasteiger charge is 2.33. The van der Waals surface area contributed by atoms with Gasteiger partial charge < -0.3 is 15.0 Å². The summed E-state index contributed by atoms with van der Waals surface area (Å²) in [5, 5.41) is 2.87. The highest BCUT2D eigenvalue weighted by atomic mass is 32.2. The molecule has 0 saturated carbocycles. The third kappa shape index (κ3) is 4.80. The van der Waals surface area contributed by atoms with Crippen LogP contribution in [0, 0.1) is 6.92 Å². The van der Waals surface area contributed by atoms with E-state index in [0.29, 0.717) is 18.8 Å². The van der Waals surface area contributed by atoms with Gasteiger partial charge in [0, 0.05) is 32.4 Å². The van der Waals surface area contributed by atoms with E-state index in [4.69, 9.17) is 4.74 Å². The Balaban J connectivity index is 2.23. The van der Waals surface area contributed by atoms with Gasteiger partial charge in [-0.05, 0) is 58.2 Å². The number of hydrogen-bond acceptors (Lipinski definition) is 4. The third-order valence-electron chi connectivity index (χ3n) is 5.29. The largest absolute Gasteiger partial charge is 0.377 e. The first-order chi connectivity index (χ1) is 12.5. The van der Waals surface area contributed by atoms with E-state index in [1.807, 2.05) is 27.7 Å². The van der Waals surface area contributed by atoms with Crippen molar-refractivity contribution in [3.8, 4) is 0 Å². The maximum atomic E-state index is 12.7. The van der Waals surface area contributed by atoms with E-state index < -0.39 is 10.0 Å². The molecule has 1 aliphatic heterocycles. The summed E-state index contributed by atoms with van der Waals surface area (Å²) in [6, 6.07) is 4.41. The summed E-state index contributed by atoms with van der Waals surface area (Å²) in [5.74, 6) is 0. The van der Waals surface area contributed by atoms with Crippen LogP contribution < -0.4 is 5.32 Å². The van der Waals surface area contributed by atoms with Crippen LogP contribution in [0.15, 0.2) is 23.1 Å². The smallest absolute Gasteiger partial charge is 0.321 e. The van der Waals surface area contributed by atoms with Crippen LogP contribution >= 0.6 is 0 Å². The Morgan fingerprint density at radius 1 is 1.37 bits per heavy atom. The fraction of sp³-hybridized carbons (Fsp3) is 0.632. The number of sulfonamides is 1. The number of urea groups is 1. The molecule has 1 aromatic carbocycles. The van der Waals surface area contributed by atoms with Crippen molar-refractivity contribution in [2.45, 2.75) is 57.1 Å². The van der Waals surface area contributed by atoms with Crippen molar-refractivity contribution in [1.29, 1.82) is 0 Å². The molecule has 0 radical (unpaired) electrons. The van der Waals surface area contributed by atoms with Gasteiger partial charge in [0.1, 0.15) is 0 Å². The number of aryl methyl sites for hydroxylation is 1. The molecule has 0 aromatic heterocycles. The third-order valence-corrected chi connectivity index (χ3v) is 7.32. The molecule has 8 heteroatoms. The first-order valence-corrected chi connectivity index (χ1v) is 10.6. The van der Waals surface area contributed by atoms with Crippen LogP contribution in [0.5, 0.6) is 0 Å². The molecule has 7 nitrogen and oxygen atoms in total. The Bertz CT molecular complexity index is 794. The molecule has 0 bridgehead atoms. The van der Waals surface area contributed by atoms with Crippen LogP contribution in [0.4, 0.5) is 10.5 Å². The summed E-state index contributed by atoms with van der Waals surface area (Å²) in [6.07, 6.45) is 1.77. The van der Waals surface area contributed by atoms with Crippen LogP contribution in [0.2, 0.25) is 0 Å². The number of piperidine rings is 1. The standard InChI is InChI=1S/C19H31N3O4S/c1-14(2)21(5)27(24,25)16-9-8-15(3)17(12-16)20-18(23)22-11-7-10-19(4,13-22)26-6/h8-9,12,14H,7,10-11,13H2,1-6H3,(H,20,23). The highest BCUT2D eigenvalue weighted by Crippen LogP contribution is 2.26. The molecule has 1 saturated heterocycles. The topological polar surface area (TPSA) is 79.0 Å². The number of nitrogens with one attached hydrogen (secondary N) is 1. The van der Waals surface area contributed by atoms with Crippen LogP contribution in [0.1, 0.15) is 39.2 Å². The molecule has 0 aliphatic carbocycles. The zero-order valence-corrected chi connectivity index (χ0v) is 17.9. The van der Waals surface area contributed by atoms with Crippen LogP contribution in [0.3, 0.4) is 0 Å². The van der Waals surface area contributed by atoms with Gasteiger partial charge in [0.2, 0.25) is 10.0 Å². The summed E-state index contributed by atoms with van der Waals surface area (Å²) in [6.45, 7) is 8.62. The second-order valence-corrected chi connectivity index (χ2v) is 9.70. The van der Waals surface area contributed by atoms with Gasteiger partial charge in [-0.1, -0.05) is 6.07 Å². The minimum absolute atomic E-state index is 0.158. The number of anilines is 1. The molecular formula is C19H31N3O4S. The lowest BCUT2D eigenvalue weighted by atomic mass is 9.95. The number of hydrogen-bond donors (Lipinski definition) is 1. The van der Waals surface area contributed by atoms with Crippen molar-refractivity contribution in [2.75, 3.05) is 32.6 Å². The van der Waals surface area contributed by atoms with Gasteiger partial charge in [-0.25, -0.2) is 13.2 Å². The second-order valence-electron chi connectivity index (χ2n) is 7.70. The van der Waals surface area contributed by atoms with E-state index >= 15 is 0 Å². The fourth-order valence-corrected chi connectivity index (χ4v) is 4.47. The molecule has 1 fully saturated rings. The van der Waals surface area contributed by atoms with E-state index in [9.17, 15) is 13.2 Å². The minimum atomic E-state index is -3.61. The van der Waals surface area contributed by atoms with Gasteiger partial charge in [-0.15, -0.1) is 0 Å². The van der Waals surface area contributed by atoms with Gasteiger partial charge in [-0.3, -0.25) is 0 Å². The lowest BCUT2D eigenvalue weighted by Crippen LogP contribution is -2.50. The Morgan fingerprint density at radius 3 is 2.63 bits per heavy atom. The van der Waals surface area contributed by atoms with Crippen molar-refractivity contribution >= 4 is 21.7 Å². The van der Waals surface area contributed by atoms with Crippen molar-refractivity contribution in [2.24, 2.45) is 0 Å². The zero-order chi connectivity index (χ0) is 20.4. The van der Waals surface area contributed by atoms with E-state index in [0.717, 1.165) is 18.4 Å². The number of benzene rings is 1. The predicted molar refractivity (Wildman–Crippen MR) is 107 cm³/mol. The van der Waals surface area contributed by atoms with Crippen molar-refractivity contribution in [1.82, 2.24) is 9.21 Å². The Hall–Kier alpha value is -1.64. The number of nitrogens with zero attached hydrogens (tertiary/aromatic N) is 2. The van der Waals surface area contributed by atoms with E-state index in [1.165, 1.54) is 10.4 Å². The van der Waals surface area contributed by atoms with Crippen LogP contribution in [-0.2, 0) is 14.8 Å². The van der Waals surface area contributed by atoms with E-state index in [1.54, 1.807) is 31.2 Å². The number of ether oxygens (including phenoxy) is 1. The molecule has 1 atom stereocenters. The van der Waals surface area contributed by atoms with E-state index in [-0.39, 0.29) is 22.6 Å². The molecule has 27 heavy (non-hydrogen) atoms. The van der Waals surface area contributed by atoms with Gasteiger partial charge >= 0.3 is 6.03 Å². The fourth-order valence-electron chi connectivity index (χ4n) is 3.08. The van der Waals surface area contributed by atoms with Gasteiger partial charge in [0.15, 0.2) is 0 Å². The van der Waals surface area contributed by atoms with Crippen LogP contribution in [0.25, 0.3) is 0 Å². The predicted octanol–water partition coefficient (Wildman–Crippen LogP) is 3.06. The normalized spacial score (nSPS) is 21.0. The maximum Gasteiger partial charge on any atom is 0.321 e. The number of rotatable bonds is 5. The summed E-state index contributed by atoms with van der Waals surface area (Å²) in [7, 11) is -0.401. The van der Waals surface area contributed by atoms with Crippen molar-refractivity contribution in [3.63, 3.8) is 0 Å². The van der Waals surface area contributed by atoms with Gasteiger partial charge in [0.25, 0.3) is 0 Å². The first-order valence-electron chi connectivity index (χ1n) is 9.20. The van der Waals surface area contributed by atoms with Crippen LogP contribution in [-0.4, -0.2) is 62.5 Å². The lowest BCUT2D eigenvalue weighted by Gasteiger charge is -2.39. The summed E-state index contributed by atoms with van der Waals surface area (Å²) in [4.78, 5) is 14.6. The Morgan fingerprint density at radius 2 is 2.04 bits per heavy atom. The highest BCUT2D eigenvalue weighted by molar-refractivity contribution is 7.89. The zero-order valence-electron chi connectivity index (χ0n) is 17.1. The number of carbonyl (C=O) groups excluding carboxylic acids is 1. The SMILES string of the molecule is COC1(C)CCCN(C(=O)Nc2cc(S(=O)(=O)N(C)C(C)C)ccc2C)C1. The first kappa shape index (κ1) is 21.7. The van der Waals surface area contributed by atoms with Gasteiger partial charge in [-0.2, -0.15) is 4.31 Å². The molecule has 1 aromatic rings. The second kappa shape index (κ2) is 8.16. The number of amides is 2. The quantitative estimate of drug-likeness (QED) is 0.828. The molecule has 1 aliphatic rings. The molecule has 2 amide bonds. The number of carbonyl (C=O) groups is 1. The number of likely N-dealkylation sites (tertiary alicyclic amines) is 1. The summed E-state index contributed by atoms with van der Waals surface area (Å²) in [5.41, 5.74) is 0.958. The monoisotopic (exact) mass is 397 g/mol. The lowest BCUT2D eigenvalue weighted by molar-refractivity contribution is -0.0389. The number of methoxy groups -OCH3 is 1. The summed E-state index contributed by atoms with van der Waals surface area (Å²) >= 11 is 0.